The van der Waals surface area contributed by atoms with Crippen LogP contribution in [0, 0.1) is 6.92 Å². The molecule has 1 aliphatic rings. The standard InChI is InChI=1S/C15H20N2O4/c1-11-4-2-3-5-12(11)17(8-6-14(18)19)15(20)13-10-16-7-9-21-13/h2-5,13,16H,6-10H2,1H3,(H,18,19). The zero-order valence-electron chi connectivity index (χ0n) is 12.0. The molecule has 6 heteroatoms. The van der Waals surface area contributed by atoms with Gasteiger partial charge in [-0.3, -0.25) is 9.59 Å². The molecular formula is C15H20N2O4. The van der Waals surface area contributed by atoms with Crippen molar-refractivity contribution in [2.75, 3.05) is 31.1 Å². The molecule has 2 N–H and O–H groups in total. The van der Waals surface area contributed by atoms with E-state index in [1.165, 1.54) is 4.90 Å². The van der Waals surface area contributed by atoms with Gasteiger partial charge in [0, 0.05) is 25.3 Å². The van der Waals surface area contributed by atoms with Gasteiger partial charge < -0.3 is 20.1 Å². The summed E-state index contributed by atoms with van der Waals surface area (Å²) in [7, 11) is 0. The SMILES string of the molecule is Cc1ccccc1N(CCC(=O)O)C(=O)C1CNCCO1. The lowest BCUT2D eigenvalue weighted by atomic mass is 10.1. The third-order valence-electron chi connectivity index (χ3n) is 3.42. The summed E-state index contributed by atoms with van der Waals surface area (Å²) in [6, 6.07) is 7.45. The smallest absolute Gasteiger partial charge is 0.305 e. The number of ether oxygens (including phenoxy) is 1. The minimum Gasteiger partial charge on any atom is -0.481 e. The highest BCUT2D eigenvalue weighted by Crippen LogP contribution is 2.21. The number of aliphatic carboxylic acids is 1. The van der Waals surface area contributed by atoms with Crippen molar-refractivity contribution in [2.24, 2.45) is 0 Å². The summed E-state index contributed by atoms with van der Waals surface area (Å²) < 4.78 is 5.49. The predicted molar refractivity (Wildman–Crippen MR) is 78.4 cm³/mol. The number of para-hydroxylation sites is 1. The number of carbonyl (C=O) groups is 2. The lowest BCUT2D eigenvalue weighted by Crippen LogP contribution is -2.50. The van der Waals surface area contributed by atoms with Gasteiger partial charge in [-0.1, -0.05) is 18.2 Å². The van der Waals surface area contributed by atoms with E-state index in [0.717, 1.165) is 17.8 Å². The average Bonchev–Trinajstić information content (AvgIpc) is 2.49. The first-order valence-electron chi connectivity index (χ1n) is 7.00. The Morgan fingerprint density at radius 1 is 1.43 bits per heavy atom. The number of carboxylic acid groups (broad SMARTS) is 1. The monoisotopic (exact) mass is 292 g/mol. The van der Waals surface area contributed by atoms with Gasteiger partial charge >= 0.3 is 5.97 Å². The molecule has 0 spiro atoms. The molecule has 1 aromatic rings. The number of hydrogen-bond donors (Lipinski definition) is 2. The zero-order valence-corrected chi connectivity index (χ0v) is 12.0. The summed E-state index contributed by atoms with van der Waals surface area (Å²) in [5.41, 5.74) is 1.66. The second-order valence-corrected chi connectivity index (χ2v) is 4.98. The molecule has 0 radical (unpaired) electrons. The maximum absolute atomic E-state index is 12.6. The van der Waals surface area contributed by atoms with E-state index in [0.29, 0.717) is 13.2 Å². The fourth-order valence-corrected chi connectivity index (χ4v) is 2.32. The van der Waals surface area contributed by atoms with E-state index in [1.807, 2.05) is 31.2 Å². The van der Waals surface area contributed by atoms with Crippen LogP contribution in [-0.4, -0.2) is 49.3 Å². The Kier molecular flexibility index (Phi) is 5.30. The predicted octanol–water partition coefficient (Wildman–Crippen LogP) is 0.791. The molecule has 1 saturated heterocycles. The molecule has 6 nitrogen and oxygen atoms in total. The first-order valence-corrected chi connectivity index (χ1v) is 7.00. The van der Waals surface area contributed by atoms with E-state index in [9.17, 15) is 9.59 Å². The Bertz CT molecular complexity index is 512. The van der Waals surface area contributed by atoms with Gasteiger partial charge in [0.1, 0.15) is 6.10 Å². The molecular weight excluding hydrogens is 272 g/mol. The second-order valence-electron chi connectivity index (χ2n) is 4.98. The highest BCUT2D eigenvalue weighted by atomic mass is 16.5. The number of nitrogens with zero attached hydrogens (tertiary/aromatic N) is 1. The van der Waals surface area contributed by atoms with Gasteiger partial charge in [-0.2, -0.15) is 0 Å². The topological polar surface area (TPSA) is 78.9 Å². The van der Waals surface area contributed by atoms with Crippen molar-refractivity contribution in [3.63, 3.8) is 0 Å². The number of carboxylic acids is 1. The molecule has 1 unspecified atom stereocenters. The number of anilines is 1. The molecule has 1 aliphatic heterocycles. The van der Waals surface area contributed by atoms with Gasteiger partial charge in [0.15, 0.2) is 0 Å². The van der Waals surface area contributed by atoms with Crippen LogP contribution in [-0.2, 0) is 14.3 Å². The molecule has 21 heavy (non-hydrogen) atoms. The van der Waals surface area contributed by atoms with E-state index < -0.39 is 12.1 Å². The highest BCUT2D eigenvalue weighted by molar-refractivity contribution is 5.97. The highest BCUT2D eigenvalue weighted by Gasteiger charge is 2.28. The molecule has 0 bridgehead atoms. The first kappa shape index (κ1) is 15.5. The quantitative estimate of drug-likeness (QED) is 0.839. The van der Waals surface area contributed by atoms with Crippen LogP contribution in [0.3, 0.4) is 0 Å². The fraction of sp³-hybridized carbons (Fsp3) is 0.467. The number of benzene rings is 1. The summed E-state index contributed by atoms with van der Waals surface area (Å²) >= 11 is 0. The summed E-state index contributed by atoms with van der Waals surface area (Å²) in [5.74, 6) is -1.12. The Labute approximate surface area is 123 Å². The van der Waals surface area contributed by atoms with Crippen molar-refractivity contribution in [3.8, 4) is 0 Å². The number of aryl methyl sites for hydroxylation is 1. The summed E-state index contributed by atoms with van der Waals surface area (Å²) in [5, 5.41) is 12.0. The molecule has 1 fully saturated rings. The van der Waals surface area contributed by atoms with Gasteiger partial charge in [-0.25, -0.2) is 0 Å². The maximum atomic E-state index is 12.6. The molecule has 114 valence electrons. The zero-order chi connectivity index (χ0) is 15.2. The number of amides is 1. The summed E-state index contributed by atoms with van der Waals surface area (Å²) in [6.07, 6.45) is -0.660. The fourth-order valence-electron chi connectivity index (χ4n) is 2.32. The second kappa shape index (κ2) is 7.19. The van der Waals surface area contributed by atoms with Crippen LogP contribution in [0.4, 0.5) is 5.69 Å². The number of rotatable bonds is 5. The molecule has 1 amide bonds. The van der Waals surface area contributed by atoms with Crippen LogP contribution in [0.25, 0.3) is 0 Å². The Balaban J connectivity index is 2.20. The van der Waals surface area contributed by atoms with Crippen molar-refractivity contribution in [3.05, 3.63) is 29.8 Å². The van der Waals surface area contributed by atoms with Crippen LogP contribution in [0.5, 0.6) is 0 Å². The minimum absolute atomic E-state index is 0.0970. The third kappa shape index (κ3) is 4.03. The van der Waals surface area contributed by atoms with E-state index in [4.69, 9.17) is 9.84 Å². The van der Waals surface area contributed by atoms with E-state index in [2.05, 4.69) is 5.32 Å². The minimum atomic E-state index is -0.927. The molecule has 1 heterocycles. The Hall–Kier alpha value is -1.92. The maximum Gasteiger partial charge on any atom is 0.305 e. The molecule has 1 atom stereocenters. The third-order valence-corrected chi connectivity index (χ3v) is 3.42. The number of morpholine rings is 1. The number of hydrogen-bond acceptors (Lipinski definition) is 4. The first-order chi connectivity index (χ1) is 10.1. The largest absolute Gasteiger partial charge is 0.481 e. The van der Waals surface area contributed by atoms with Crippen LogP contribution < -0.4 is 10.2 Å². The van der Waals surface area contributed by atoms with Crippen molar-refractivity contribution in [1.29, 1.82) is 0 Å². The average molecular weight is 292 g/mol. The van der Waals surface area contributed by atoms with Crippen molar-refractivity contribution >= 4 is 17.6 Å². The van der Waals surface area contributed by atoms with Gasteiger partial charge in [-0.15, -0.1) is 0 Å². The number of nitrogens with one attached hydrogen (secondary N) is 1. The normalized spacial score (nSPS) is 18.2. The Morgan fingerprint density at radius 2 is 2.19 bits per heavy atom. The van der Waals surface area contributed by atoms with E-state index in [1.54, 1.807) is 0 Å². The van der Waals surface area contributed by atoms with Gasteiger partial charge in [-0.05, 0) is 18.6 Å². The van der Waals surface area contributed by atoms with Gasteiger partial charge in [0.2, 0.25) is 0 Å². The molecule has 1 aromatic carbocycles. The lowest BCUT2D eigenvalue weighted by Gasteiger charge is -2.30. The van der Waals surface area contributed by atoms with Crippen LogP contribution >= 0.6 is 0 Å². The van der Waals surface area contributed by atoms with Crippen LogP contribution in [0.2, 0.25) is 0 Å². The summed E-state index contributed by atoms with van der Waals surface area (Å²) in [4.78, 5) is 25.0. The van der Waals surface area contributed by atoms with Crippen molar-refractivity contribution in [1.82, 2.24) is 5.32 Å². The van der Waals surface area contributed by atoms with Crippen LogP contribution in [0.15, 0.2) is 24.3 Å². The molecule has 2 rings (SSSR count). The van der Waals surface area contributed by atoms with Crippen LogP contribution in [0.1, 0.15) is 12.0 Å². The lowest BCUT2D eigenvalue weighted by molar-refractivity contribution is -0.137. The molecule has 0 aliphatic carbocycles. The summed E-state index contributed by atoms with van der Waals surface area (Å²) in [6.45, 7) is 3.70. The van der Waals surface area contributed by atoms with E-state index >= 15 is 0 Å². The Morgan fingerprint density at radius 3 is 2.81 bits per heavy atom. The van der Waals surface area contributed by atoms with Gasteiger partial charge in [0.05, 0.1) is 13.0 Å². The molecule has 0 aromatic heterocycles. The van der Waals surface area contributed by atoms with Crippen molar-refractivity contribution < 1.29 is 19.4 Å². The number of carbonyl (C=O) groups excluding carboxylic acids is 1. The van der Waals surface area contributed by atoms with Gasteiger partial charge in [0.25, 0.3) is 5.91 Å². The molecule has 0 saturated carbocycles. The van der Waals surface area contributed by atoms with E-state index in [-0.39, 0.29) is 18.9 Å². The van der Waals surface area contributed by atoms with Crippen molar-refractivity contribution in [2.45, 2.75) is 19.4 Å².